The van der Waals surface area contributed by atoms with Crippen molar-refractivity contribution in [3.63, 3.8) is 0 Å². The van der Waals surface area contributed by atoms with E-state index in [0.717, 1.165) is 25.9 Å². The number of amides is 1. The SMILES string of the molecule is O=C(C1CC1c1cccnc1)N(Cc1cccs1)CC1CCCO1. The van der Waals surface area contributed by atoms with Crippen LogP contribution in [-0.2, 0) is 16.1 Å². The van der Waals surface area contributed by atoms with E-state index in [1.165, 1.54) is 10.4 Å². The quantitative estimate of drug-likeness (QED) is 0.807. The van der Waals surface area contributed by atoms with Gasteiger partial charge in [-0.25, -0.2) is 0 Å². The molecule has 3 atom stereocenters. The van der Waals surface area contributed by atoms with E-state index >= 15 is 0 Å². The van der Waals surface area contributed by atoms with Gasteiger partial charge in [0.15, 0.2) is 0 Å². The van der Waals surface area contributed by atoms with E-state index in [2.05, 4.69) is 22.5 Å². The highest BCUT2D eigenvalue weighted by Gasteiger charge is 2.46. The monoisotopic (exact) mass is 342 g/mol. The third-order valence-electron chi connectivity index (χ3n) is 4.91. The van der Waals surface area contributed by atoms with Crippen LogP contribution in [0.4, 0.5) is 0 Å². The van der Waals surface area contributed by atoms with Gasteiger partial charge in [-0.2, -0.15) is 0 Å². The lowest BCUT2D eigenvalue weighted by atomic mass is 10.1. The first-order valence-electron chi connectivity index (χ1n) is 8.64. The molecule has 0 radical (unpaired) electrons. The minimum absolute atomic E-state index is 0.107. The summed E-state index contributed by atoms with van der Waals surface area (Å²) in [5.41, 5.74) is 1.18. The molecule has 0 aromatic carbocycles. The fourth-order valence-corrected chi connectivity index (χ4v) is 4.24. The van der Waals surface area contributed by atoms with E-state index in [1.807, 2.05) is 23.2 Å². The highest BCUT2D eigenvalue weighted by molar-refractivity contribution is 7.09. The van der Waals surface area contributed by atoms with Gasteiger partial charge in [0, 0.05) is 36.3 Å². The third kappa shape index (κ3) is 3.52. The van der Waals surface area contributed by atoms with Gasteiger partial charge in [0.2, 0.25) is 5.91 Å². The predicted molar refractivity (Wildman–Crippen MR) is 93.8 cm³/mol. The van der Waals surface area contributed by atoms with E-state index in [1.54, 1.807) is 17.5 Å². The summed E-state index contributed by atoms with van der Waals surface area (Å²) in [6.45, 7) is 2.24. The summed E-state index contributed by atoms with van der Waals surface area (Å²) >= 11 is 1.71. The highest BCUT2D eigenvalue weighted by Crippen LogP contribution is 2.48. The van der Waals surface area contributed by atoms with Crippen LogP contribution in [0, 0.1) is 5.92 Å². The van der Waals surface area contributed by atoms with Crippen LogP contribution in [0.5, 0.6) is 0 Å². The number of aromatic nitrogens is 1. The summed E-state index contributed by atoms with van der Waals surface area (Å²) in [6, 6.07) is 8.18. The van der Waals surface area contributed by atoms with Gasteiger partial charge >= 0.3 is 0 Å². The van der Waals surface area contributed by atoms with Gasteiger partial charge in [0.25, 0.3) is 0 Å². The fourth-order valence-electron chi connectivity index (χ4n) is 3.52. The number of hydrogen-bond acceptors (Lipinski definition) is 4. The molecule has 5 heteroatoms. The second-order valence-corrected chi connectivity index (χ2v) is 7.70. The van der Waals surface area contributed by atoms with Crippen LogP contribution in [-0.4, -0.2) is 35.0 Å². The standard InChI is InChI=1S/C19H22N2O2S/c22-19(18-10-17(18)14-4-1-7-20-11-14)21(12-15-5-2-8-23-15)13-16-6-3-9-24-16/h1,3-4,6-7,9,11,15,17-18H,2,5,8,10,12-13H2. The highest BCUT2D eigenvalue weighted by atomic mass is 32.1. The number of pyridine rings is 1. The van der Waals surface area contributed by atoms with Crippen LogP contribution in [0.2, 0.25) is 0 Å². The minimum Gasteiger partial charge on any atom is -0.376 e. The van der Waals surface area contributed by atoms with E-state index in [0.29, 0.717) is 19.0 Å². The molecule has 1 aliphatic heterocycles. The van der Waals surface area contributed by atoms with Crippen LogP contribution in [0.15, 0.2) is 42.0 Å². The average molecular weight is 342 g/mol. The molecule has 3 unspecified atom stereocenters. The molecular formula is C19H22N2O2S. The molecule has 3 heterocycles. The molecular weight excluding hydrogens is 320 g/mol. The first-order valence-corrected chi connectivity index (χ1v) is 9.52. The molecule has 0 N–H and O–H groups in total. The van der Waals surface area contributed by atoms with Crippen molar-refractivity contribution in [3.05, 3.63) is 52.5 Å². The van der Waals surface area contributed by atoms with E-state index in [4.69, 9.17) is 4.74 Å². The largest absolute Gasteiger partial charge is 0.376 e. The summed E-state index contributed by atoms with van der Waals surface area (Å²) in [5.74, 6) is 0.713. The third-order valence-corrected chi connectivity index (χ3v) is 5.77. The summed E-state index contributed by atoms with van der Waals surface area (Å²) in [6.07, 6.45) is 6.98. The average Bonchev–Trinajstić information content (AvgIpc) is 2.98. The zero-order valence-electron chi connectivity index (χ0n) is 13.6. The molecule has 4 rings (SSSR count). The van der Waals surface area contributed by atoms with Gasteiger partial charge in [0.05, 0.1) is 12.6 Å². The van der Waals surface area contributed by atoms with E-state index < -0.39 is 0 Å². The van der Waals surface area contributed by atoms with Gasteiger partial charge in [-0.15, -0.1) is 11.3 Å². The van der Waals surface area contributed by atoms with Crippen molar-refractivity contribution in [2.75, 3.05) is 13.2 Å². The summed E-state index contributed by atoms with van der Waals surface area (Å²) in [5, 5.41) is 2.07. The summed E-state index contributed by atoms with van der Waals surface area (Å²) in [4.78, 5) is 20.5. The van der Waals surface area contributed by atoms with Crippen molar-refractivity contribution in [3.8, 4) is 0 Å². The molecule has 24 heavy (non-hydrogen) atoms. The Balaban J connectivity index is 1.44. The molecule has 1 aliphatic carbocycles. The summed E-state index contributed by atoms with van der Waals surface area (Å²) in [7, 11) is 0. The lowest BCUT2D eigenvalue weighted by Crippen LogP contribution is -2.37. The molecule has 4 nitrogen and oxygen atoms in total. The van der Waals surface area contributed by atoms with Gasteiger partial charge < -0.3 is 9.64 Å². The van der Waals surface area contributed by atoms with Crippen LogP contribution in [0.3, 0.4) is 0 Å². The number of hydrogen-bond donors (Lipinski definition) is 0. The van der Waals surface area contributed by atoms with Crippen molar-refractivity contribution in [1.82, 2.24) is 9.88 Å². The first-order chi connectivity index (χ1) is 11.8. The second kappa shape index (κ2) is 7.03. The maximum Gasteiger partial charge on any atom is 0.226 e. The number of carbonyl (C=O) groups is 1. The Morgan fingerprint density at radius 1 is 1.38 bits per heavy atom. The number of carbonyl (C=O) groups excluding carboxylic acids is 1. The lowest BCUT2D eigenvalue weighted by Gasteiger charge is -2.25. The van der Waals surface area contributed by atoms with Crippen LogP contribution >= 0.6 is 11.3 Å². The molecule has 2 aromatic rings. The van der Waals surface area contributed by atoms with Gasteiger partial charge in [-0.1, -0.05) is 12.1 Å². The Labute approximate surface area is 146 Å². The molecule has 0 bridgehead atoms. The topological polar surface area (TPSA) is 42.4 Å². The maximum absolute atomic E-state index is 13.1. The number of thiophene rings is 1. The predicted octanol–water partition coefficient (Wildman–Crippen LogP) is 3.45. The Hall–Kier alpha value is -1.72. The van der Waals surface area contributed by atoms with E-state index in [-0.39, 0.29) is 17.9 Å². The smallest absolute Gasteiger partial charge is 0.226 e. The molecule has 1 saturated carbocycles. The van der Waals surface area contributed by atoms with Crippen molar-refractivity contribution in [2.45, 2.75) is 37.8 Å². The van der Waals surface area contributed by atoms with Crippen LogP contribution < -0.4 is 0 Å². The maximum atomic E-state index is 13.1. The van der Waals surface area contributed by atoms with Crippen LogP contribution in [0.1, 0.15) is 35.6 Å². The number of ether oxygens (including phenoxy) is 1. The Kier molecular flexibility index (Phi) is 4.63. The molecule has 1 amide bonds. The lowest BCUT2D eigenvalue weighted by molar-refractivity contribution is -0.134. The fraction of sp³-hybridized carbons (Fsp3) is 0.474. The molecule has 126 valence electrons. The van der Waals surface area contributed by atoms with Gasteiger partial charge in [-0.05, 0) is 48.3 Å². The Bertz CT molecular complexity index is 668. The summed E-state index contributed by atoms with van der Waals surface area (Å²) < 4.78 is 5.76. The van der Waals surface area contributed by atoms with Crippen molar-refractivity contribution in [2.24, 2.45) is 5.92 Å². The Morgan fingerprint density at radius 3 is 3.04 bits per heavy atom. The molecule has 2 fully saturated rings. The molecule has 1 saturated heterocycles. The second-order valence-electron chi connectivity index (χ2n) is 6.67. The minimum atomic E-state index is 0.107. The first kappa shape index (κ1) is 15.8. The molecule has 2 aromatic heterocycles. The number of nitrogens with zero attached hydrogens (tertiary/aromatic N) is 2. The van der Waals surface area contributed by atoms with Gasteiger partial charge in [-0.3, -0.25) is 9.78 Å². The number of rotatable bonds is 6. The van der Waals surface area contributed by atoms with Crippen molar-refractivity contribution < 1.29 is 9.53 Å². The van der Waals surface area contributed by atoms with Crippen molar-refractivity contribution in [1.29, 1.82) is 0 Å². The van der Waals surface area contributed by atoms with Gasteiger partial charge in [0.1, 0.15) is 0 Å². The zero-order valence-corrected chi connectivity index (χ0v) is 14.5. The normalized spacial score (nSPS) is 25.6. The van der Waals surface area contributed by atoms with E-state index in [9.17, 15) is 4.79 Å². The Morgan fingerprint density at radius 2 is 2.33 bits per heavy atom. The zero-order chi connectivity index (χ0) is 16.4. The molecule has 0 spiro atoms. The van der Waals surface area contributed by atoms with Crippen LogP contribution in [0.25, 0.3) is 0 Å². The molecule has 2 aliphatic rings. The van der Waals surface area contributed by atoms with Crippen molar-refractivity contribution >= 4 is 17.2 Å².